The summed E-state index contributed by atoms with van der Waals surface area (Å²) in [7, 11) is 0. The molecule has 1 radical (unpaired) electrons. The molecule has 3 nitrogen and oxygen atoms in total. The van der Waals surface area contributed by atoms with Crippen molar-refractivity contribution < 1.29 is 24.8 Å². The van der Waals surface area contributed by atoms with E-state index in [9.17, 15) is 0 Å². The number of hydrogen-bond donors (Lipinski definition) is 0. The Kier molecular flexibility index (Phi) is 3.56. The van der Waals surface area contributed by atoms with Gasteiger partial charge in [-0.15, -0.1) is 24.3 Å². The zero-order valence-corrected chi connectivity index (χ0v) is 20.3. The smallest absolute Gasteiger partial charge is 0.170 e. The molecule has 2 heterocycles. The first-order valence-corrected chi connectivity index (χ1v) is 10.4. The monoisotopic (exact) mass is 564 g/mol. The zero-order valence-electron chi connectivity index (χ0n) is 17.9. The first kappa shape index (κ1) is 19.3. The SMILES string of the molecule is CC1(C)c2cc3nc4n(c3cc2C(C)(C)C1(C)C)C1(CC1)Oc1ccc[c-]c1-4.[Ir]. The number of rotatable bonds is 0. The zero-order chi connectivity index (χ0) is 19.7. The molecule has 153 valence electrons. The molecule has 3 aromatic rings. The molecule has 0 unspecified atom stereocenters. The van der Waals surface area contributed by atoms with E-state index >= 15 is 0 Å². The Morgan fingerprint density at radius 2 is 1.66 bits per heavy atom. The van der Waals surface area contributed by atoms with Crippen LogP contribution < -0.4 is 4.74 Å². The molecule has 2 aromatic carbocycles. The van der Waals surface area contributed by atoms with Crippen LogP contribution in [0, 0.1) is 11.5 Å². The summed E-state index contributed by atoms with van der Waals surface area (Å²) < 4.78 is 8.83. The molecule has 0 saturated heterocycles. The molecule has 0 amide bonds. The van der Waals surface area contributed by atoms with Gasteiger partial charge in [-0.3, -0.25) is 4.98 Å². The van der Waals surface area contributed by atoms with Crippen molar-refractivity contribution >= 4 is 11.0 Å². The molecular weight excluding hydrogens is 537 g/mol. The van der Waals surface area contributed by atoms with Crippen molar-refractivity contribution in [2.24, 2.45) is 5.41 Å². The second-order valence-corrected chi connectivity index (χ2v) is 10.5. The van der Waals surface area contributed by atoms with Crippen LogP contribution in [0.3, 0.4) is 0 Å². The Bertz CT molecular complexity index is 1180. The minimum absolute atomic E-state index is 0. The Hall–Kier alpha value is -1.64. The second-order valence-electron chi connectivity index (χ2n) is 10.5. The molecule has 1 fully saturated rings. The largest absolute Gasteiger partial charge is 0.514 e. The van der Waals surface area contributed by atoms with E-state index in [4.69, 9.17) is 9.72 Å². The summed E-state index contributed by atoms with van der Waals surface area (Å²) in [6, 6.07) is 14.1. The standard InChI is InChI=1S/C25H27N2O.Ir/c1-22(2)16-13-18-19(14-17(16)23(3,4)24(22,5)6)27-21(26-18)15-9-7-8-10-20(15)28-25(27)11-12-25;/h7-8,10,13-14H,11-12H2,1-6H3;/q-1;. The van der Waals surface area contributed by atoms with Gasteiger partial charge in [-0.25, -0.2) is 0 Å². The topological polar surface area (TPSA) is 27.1 Å². The number of hydrogen-bond acceptors (Lipinski definition) is 2. The predicted octanol–water partition coefficient (Wildman–Crippen LogP) is 5.93. The van der Waals surface area contributed by atoms with E-state index in [2.05, 4.69) is 64.3 Å². The van der Waals surface area contributed by atoms with Crippen molar-refractivity contribution in [2.45, 2.75) is 70.9 Å². The normalized spacial score (nSPS) is 23.0. The van der Waals surface area contributed by atoms with Gasteiger partial charge in [0.05, 0.1) is 16.9 Å². The number of benzene rings is 2. The Labute approximate surface area is 186 Å². The van der Waals surface area contributed by atoms with E-state index in [-0.39, 0.29) is 42.1 Å². The first-order valence-electron chi connectivity index (χ1n) is 10.4. The molecule has 4 heteroatoms. The minimum Gasteiger partial charge on any atom is -0.514 e. The van der Waals surface area contributed by atoms with Crippen molar-refractivity contribution in [3.63, 3.8) is 0 Å². The van der Waals surface area contributed by atoms with Crippen LogP contribution in [0.4, 0.5) is 0 Å². The van der Waals surface area contributed by atoms with Gasteiger partial charge in [0.15, 0.2) is 5.72 Å². The molecule has 29 heavy (non-hydrogen) atoms. The average Bonchev–Trinajstić information content (AvgIpc) is 3.26. The van der Waals surface area contributed by atoms with Gasteiger partial charge in [0.2, 0.25) is 0 Å². The van der Waals surface area contributed by atoms with Crippen molar-refractivity contribution in [3.05, 3.63) is 47.5 Å². The van der Waals surface area contributed by atoms with Crippen molar-refractivity contribution in [1.29, 1.82) is 0 Å². The maximum absolute atomic E-state index is 6.47. The summed E-state index contributed by atoms with van der Waals surface area (Å²) >= 11 is 0. The van der Waals surface area contributed by atoms with E-state index in [0.29, 0.717) is 0 Å². The van der Waals surface area contributed by atoms with Gasteiger partial charge in [-0.2, -0.15) is 0 Å². The molecule has 0 atom stereocenters. The molecule has 6 rings (SSSR count). The molecule has 3 aliphatic rings. The molecule has 0 N–H and O–H groups in total. The number of ether oxygens (including phenoxy) is 1. The Morgan fingerprint density at radius 1 is 1.00 bits per heavy atom. The summed E-state index contributed by atoms with van der Waals surface area (Å²) in [5.74, 6) is 1.92. The van der Waals surface area contributed by atoms with Crippen LogP contribution in [-0.4, -0.2) is 9.55 Å². The van der Waals surface area contributed by atoms with Gasteiger partial charge < -0.3 is 9.30 Å². The summed E-state index contributed by atoms with van der Waals surface area (Å²) in [5.41, 5.74) is 6.23. The molecule has 1 aromatic heterocycles. The minimum atomic E-state index is -0.256. The van der Waals surface area contributed by atoms with Crippen molar-refractivity contribution in [3.8, 4) is 17.1 Å². The van der Waals surface area contributed by atoms with Crippen LogP contribution in [0.1, 0.15) is 65.5 Å². The van der Waals surface area contributed by atoms with Gasteiger partial charge >= 0.3 is 0 Å². The fraction of sp³-hybridized carbons (Fsp3) is 0.480. The summed E-state index contributed by atoms with van der Waals surface area (Å²) in [6.45, 7) is 14.4. The van der Waals surface area contributed by atoms with Gasteiger partial charge in [-0.05, 0) is 39.5 Å². The molecule has 0 bridgehead atoms. The van der Waals surface area contributed by atoms with Crippen molar-refractivity contribution in [1.82, 2.24) is 9.55 Å². The van der Waals surface area contributed by atoms with Gasteiger partial charge in [-0.1, -0.05) is 47.1 Å². The van der Waals surface area contributed by atoms with E-state index in [1.165, 1.54) is 16.6 Å². The quantitative estimate of drug-likeness (QED) is 0.317. The van der Waals surface area contributed by atoms with Crippen molar-refractivity contribution in [2.75, 3.05) is 0 Å². The number of fused-ring (bicyclic) bond motifs is 7. The van der Waals surface area contributed by atoms with E-state index < -0.39 is 0 Å². The molecular formula is C25H27IrN2O-. The maximum Gasteiger partial charge on any atom is 0.170 e. The average molecular weight is 564 g/mol. The number of nitrogens with zero attached hydrogens (tertiary/aromatic N) is 2. The van der Waals surface area contributed by atoms with E-state index in [0.717, 1.165) is 35.5 Å². The summed E-state index contributed by atoms with van der Waals surface area (Å²) in [6.07, 6.45) is 2.08. The molecule has 1 aliphatic heterocycles. The van der Waals surface area contributed by atoms with Crippen LogP contribution in [0.25, 0.3) is 22.4 Å². The third-order valence-electron chi connectivity index (χ3n) is 8.69. The van der Waals surface area contributed by atoms with Gasteiger partial charge in [0.25, 0.3) is 0 Å². The summed E-state index contributed by atoms with van der Waals surface area (Å²) in [5, 5.41) is 0. The molecule has 1 spiro atoms. The van der Waals surface area contributed by atoms with Gasteiger partial charge in [0, 0.05) is 38.7 Å². The predicted molar refractivity (Wildman–Crippen MR) is 112 cm³/mol. The first-order chi connectivity index (χ1) is 13.1. The molecule has 1 saturated carbocycles. The van der Waals surface area contributed by atoms with E-state index in [1.807, 2.05) is 18.2 Å². The summed E-state index contributed by atoms with van der Waals surface area (Å²) in [4.78, 5) is 5.12. The second kappa shape index (κ2) is 5.34. The third-order valence-corrected chi connectivity index (χ3v) is 8.69. The Balaban J connectivity index is 0.00000181. The third kappa shape index (κ3) is 2.05. The maximum atomic E-state index is 6.47. The van der Waals surface area contributed by atoms with Crippen LogP contribution >= 0.6 is 0 Å². The van der Waals surface area contributed by atoms with Crippen LogP contribution in [-0.2, 0) is 36.7 Å². The number of imidazole rings is 1. The van der Waals surface area contributed by atoms with E-state index in [1.54, 1.807) is 0 Å². The van der Waals surface area contributed by atoms with Crippen LogP contribution in [0.15, 0.2) is 30.3 Å². The number of aromatic nitrogens is 2. The van der Waals surface area contributed by atoms with Gasteiger partial charge in [0.1, 0.15) is 0 Å². The van der Waals surface area contributed by atoms with Crippen LogP contribution in [0.5, 0.6) is 5.75 Å². The Morgan fingerprint density at radius 3 is 2.31 bits per heavy atom. The molecule has 2 aliphatic carbocycles. The van der Waals surface area contributed by atoms with Crippen LogP contribution in [0.2, 0.25) is 0 Å². The fourth-order valence-electron chi connectivity index (χ4n) is 5.56. The fourth-order valence-corrected chi connectivity index (χ4v) is 5.56.